The second kappa shape index (κ2) is 2.13. The van der Waals surface area contributed by atoms with Gasteiger partial charge in [-0.3, -0.25) is 4.79 Å². The summed E-state index contributed by atoms with van der Waals surface area (Å²) in [6, 6.07) is 0.363. The van der Waals surface area contributed by atoms with Crippen LogP contribution in [-0.2, 0) is 4.79 Å². The Morgan fingerprint density at radius 1 is 1.88 bits per heavy atom. The Kier molecular flexibility index (Phi) is 1.48. The molecule has 1 heterocycles. The van der Waals surface area contributed by atoms with Crippen LogP contribution in [0.15, 0.2) is 0 Å². The molecule has 0 aromatic rings. The van der Waals surface area contributed by atoms with Crippen LogP contribution < -0.4 is 11.1 Å². The highest BCUT2D eigenvalue weighted by Crippen LogP contribution is 2.02. The van der Waals surface area contributed by atoms with E-state index < -0.39 is 0 Å². The minimum Gasteiger partial charge on any atom is -0.356 e. The summed E-state index contributed by atoms with van der Waals surface area (Å²) in [5.74, 6) is 0.179. The number of hydrogen-bond acceptors (Lipinski definition) is 1. The average Bonchev–Trinajstić information content (AvgIpc) is 2.14. The van der Waals surface area contributed by atoms with E-state index in [1.54, 1.807) is 0 Å². The highest BCUT2D eigenvalue weighted by molar-refractivity contribution is 5.78. The first-order chi connectivity index (χ1) is 3.83. The lowest BCUT2D eigenvalue weighted by molar-refractivity contribution is -0.372. The Bertz CT molecular complexity index is 103. The largest absolute Gasteiger partial charge is 0.356 e. The van der Waals surface area contributed by atoms with E-state index in [0.717, 1.165) is 13.0 Å². The van der Waals surface area contributed by atoms with Crippen molar-refractivity contribution in [1.82, 2.24) is 5.32 Å². The minimum atomic E-state index is 0.179. The third kappa shape index (κ3) is 0.980. The highest BCUT2D eigenvalue weighted by Gasteiger charge is 2.19. The lowest BCUT2D eigenvalue weighted by atomic mass is 10.2. The molecule has 3 heteroatoms. The molecule has 0 bridgehead atoms. The molecule has 3 nitrogen and oxygen atoms in total. The Balaban J connectivity index is 2.32. The fourth-order valence-electron chi connectivity index (χ4n) is 0.894. The van der Waals surface area contributed by atoms with Crippen LogP contribution in [0.5, 0.6) is 0 Å². The van der Waals surface area contributed by atoms with Gasteiger partial charge in [0, 0.05) is 6.42 Å². The molecule has 1 fully saturated rings. The highest BCUT2D eigenvalue weighted by atomic mass is 16.1. The number of rotatable bonds is 1. The number of hydrogen-bond donors (Lipinski definition) is 2. The smallest absolute Gasteiger partial charge is 0.220 e. The summed E-state index contributed by atoms with van der Waals surface area (Å²) in [4.78, 5) is 10.5. The van der Waals surface area contributed by atoms with Gasteiger partial charge in [-0.25, -0.2) is 0 Å². The zero-order valence-electron chi connectivity index (χ0n) is 4.81. The van der Waals surface area contributed by atoms with Gasteiger partial charge in [0.2, 0.25) is 5.91 Å². The molecule has 1 aliphatic rings. The molecule has 1 aliphatic heterocycles. The van der Waals surface area contributed by atoms with E-state index >= 15 is 0 Å². The van der Waals surface area contributed by atoms with Gasteiger partial charge < -0.3 is 11.1 Å². The predicted molar refractivity (Wildman–Crippen MR) is 28.9 cm³/mol. The van der Waals surface area contributed by atoms with E-state index in [4.69, 9.17) is 0 Å². The van der Waals surface area contributed by atoms with Crippen molar-refractivity contribution in [3.05, 3.63) is 0 Å². The molecule has 0 unspecified atom stereocenters. The van der Waals surface area contributed by atoms with Crippen molar-refractivity contribution < 1.29 is 10.5 Å². The first-order valence-corrected chi connectivity index (χ1v) is 2.91. The van der Waals surface area contributed by atoms with Crippen molar-refractivity contribution in [3.63, 3.8) is 0 Å². The van der Waals surface area contributed by atoms with Crippen molar-refractivity contribution in [2.75, 3.05) is 6.54 Å². The standard InChI is InChI=1S/C5H10N2O/c6-3-4-1-2-5(8)7-4/h4H,1-3,6H2,(H,7,8)/p+1/t4-/m0/s1. The summed E-state index contributed by atoms with van der Waals surface area (Å²) in [5.41, 5.74) is 3.69. The normalized spacial score (nSPS) is 28.1. The molecule has 46 valence electrons. The summed E-state index contributed by atoms with van der Waals surface area (Å²) >= 11 is 0. The maximum Gasteiger partial charge on any atom is 0.220 e. The third-order valence-electron chi connectivity index (χ3n) is 1.43. The number of quaternary nitrogens is 1. The van der Waals surface area contributed by atoms with Crippen molar-refractivity contribution in [2.24, 2.45) is 0 Å². The van der Waals surface area contributed by atoms with Crippen LogP contribution in [0, 0.1) is 0 Å². The molecule has 0 saturated carbocycles. The Hall–Kier alpha value is -0.570. The third-order valence-corrected chi connectivity index (χ3v) is 1.43. The van der Waals surface area contributed by atoms with Gasteiger partial charge in [0.15, 0.2) is 0 Å². The molecule has 1 amide bonds. The van der Waals surface area contributed by atoms with Crippen molar-refractivity contribution >= 4 is 5.91 Å². The van der Waals surface area contributed by atoms with Crippen LogP contribution in [-0.4, -0.2) is 18.5 Å². The zero-order chi connectivity index (χ0) is 5.98. The molecular formula is C5H11N2O+. The van der Waals surface area contributed by atoms with E-state index in [0.29, 0.717) is 12.5 Å². The molecular weight excluding hydrogens is 104 g/mol. The van der Waals surface area contributed by atoms with Crippen LogP contribution in [0.4, 0.5) is 0 Å². The zero-order valence-corrected chi connectivity index (χ0v) is 4.81. The van der Waals surface area contributed by atoms with Gasteiger partial charge in [0.25, 0.3) is 0 Å². The average molecular weight is 115 g/mol. The predicted octanol–water partition coefficient (Wildman–Crippen LogP) is -1.49. The molecule has 1 atom stereocenters. The van der Waals surface area contributed by atoms with Crippen LogP contribution in [0.3, 0.4) is 0 Å². The van der Waals surface area contributed by atoms with Crippen molar-refractivity contribution in [1.29, 1.82) is 0 Å². The molecule has 0 radical (unpaired) electrons. The molecule has 0 aromatic heterocycles. The fraction of sp³-hybridized carbons (Fsp3) is 0.800. The summed E-state index contributed by atoms with van der Waals surface area (Å²) in [6.45, 7) is 0.825. The van der Waals surface area contributed by atoms with E-state index in [1.807, 2.05) is 0 Å². The van der Waals surface area contributed by atoms with Crippen LogP contribution in [0.25, 0.3) is 0 Å². The van der Waals surface area contributed by atoms with Gasteiger partial charge in [0.05, 0.1) is 12.6 Å². The number of carbonyl (C=O) groups excluding carboxylic acids is 1. The minimum absolute atomic E-state index is 0.179. The molecule has 4 N–H and O–H groups in total. The quantitative estimate of drug-likeness (QED) is 0.429. The second-order valence-electron chi connectivity index (χ2n) is 2.09. The SMILES string of the molecule is [NH3+]C[C@@H]1CCC(=O)N1. The summed E-state index contributed by atoms with van der Waals surface area (Å²) in [6.07, 6.45) is 1.67. The van der Waals surface area contributed by atoms with E-state index in [2.05, 4.69) is 11.1 Å². The van der Waals surface area contributed by atoms with Crippen molar-refractivity contribution in [2.45, 2.75) is 18.9 Å². The molecule has 8 heavy (non-hydrogen) atoms. The first kappa shape index (κ1) is 5.56. The van der Waals surface area contributed by atoms with Gasteiger partial charge in [-0.2, -0.15) is 0 Å². The molecule has 1 rings (SSSR count). The summed E-state index contributed by atoms with van der Waals surface area (Å²) < 4.78 is 0. The van der Waals surface area contributed by atoms with Crippen LogP contribution in [0.1, 0.15) is 12.8 Å². The van der Waals surface area contributed by atoms with E-state index in [1.165, 1.54) is 0 Å². The summed E-state index contributed by atoms with van der Waals surface area (Å²) in [5, 5.41) is 2.80. The van der Waals surface area contributed by atoms with E-state index in [9.17, 15) is 4.79 Å². The molecule has 0 spiro atoms. The van der Waals surface area contributed by atoms with Gasteiger partial charge in [-0.15, -0.1) is 0 Å². The van der Waals surface area contributed by atoms with Crippen molar-refractivity contribution in [3.8, 4) is 0 Å². The Morgan fingerprint density at radius 3 is 2.88 bits per heavy atom. The van der Waals surface area contributed by atoms with Crippen LogP contribution >= 0.6 is 0 Å². The Labute approximate surface area is 48.2 Å². The first-order valence-electron chi connectivity index (χ1n) is 2.91. The summed E-state index contributed by atoms with van der Waals surface area (Å²) in [7, 11) is 0. The number of amides is 1. The number of nitrogens with one attached hydrogen (secondary N) is 1. The topological polar surface area (TPSA) is 56.7 Å². The fourth-order valence-corrected chi connectivity index (χ4v) is 0.894. The lowest BCUT2D eigenvalue weighted by Crippen LogP contribution is -2.58. The van der Waals surface area contributed by atoms with Gasteiger partial charge in [0.1, 0.15) is 0 Å². The van der Waals surface area contributed by atoms with Gasteiger partial charge in [-0.05, 0) is 6.42 Å². The molecule has 1 saturated heterocycles. The lowest BCUT2D eigenvalue weighted by Gasteiger charge is -1.99. The maximum absolute atomic E-state index is 10.5. The maximum atomic E-state index is 10.5. The van der Waals surface area contributed by atoms with Crippen LogP contribution in [0.2, 0.25) is 0 Å². The van der Waals surface area contributed by atoms with Gasteiger partial charge >= 0.3 is 0 Å². The Morgan fingerprint density at radius 2 is 2.62 bits per heavy atom. The van der Waals surface area contributed by atoms with E-state index in [-0.39, 0.29) is 5.91 Å². The number of carbonyl (C=O) groups is 1. The molecule has 0 aliphatic carbocycles. The molecule has 0 aromatic carbocycles. The monoisotopic (exact) mass is 115 g/mol. The second-order valence-corrected chi connectivity index (χ2v) is 2.09. The van der Waals surface area contributed by atoms with Gasteiger partial charge in [-0.1, -0.05) is 0 Å².